The van der Waals surface area contributed by atoms with Crippen LogP contribution in [0.5, 0.6) is 5.75 Å². The van der Waals surface area contributed by atoms with E-state index in [1.54, 1.807) is 23.5 Å². The van der Waals surface area contributed by atoms with Gasteiger partial charge in [0.1, 0.15) is 17.4 Å². The Hall–Kier alpha value is -1.91. The van der Waals surface area contributed by atoms with E-state index in [0.717, 1.165) is 66.9 Å². The molecule has 0 fully saturated rings. The number of benzene rings is 3. The standard InChI is InChI=1S/C29H22BrCl2IN2O2S/c30-22-12-17(13-24(33)27(22)37-16-18-10-11-19(31)14-23(18)32)15-34-29-26(21-8-4-5-9-25(21)38-29)28(36)35-20-6-2-1-3-7-20/h1-3,6-7,10-15H,4-5,8-9,16H2,(H,35,36). The lowest BCUT2D eigenvalue weighted by Crippen LogP contribution is -2.14. The maximum atomic E-state index is 13.3. The van der Waals surface area contributed by atoms with E-state index in [0.29, 0.717) is 22.2 Å². The predicted octanol–water partition coefficient (Wildman–Crippen LogP) is 9.88. The highest BCUT2D eigenvalue weighted by molar-refractivity contribution is 14.1. The van der Waals surface area contributed by atoms with Crippen molar-refractivity contribution in [3.63, 3.8) is 0 Å². The molecule has 1 aliphatic carbocycles. The number of fused-ring (bicyclic) bond motifs is 1. The van der Waals surface area contributed by atoms with Crippen molar-refractivity contribution in [2.45, 2.75) is 32.3 Å². The largest absolute Gasteiger partial charge is 0.487 e. The summed E-state index contributed by atoms with van der Waals surface area (Å²) in [6.07, 6.45) is 5.94. The van der Waals surface area contributed by atoms with Gasteiger partial charge in [0.15, 0.2) is 0 Å². The summed E-state index contributed by atoms with van der Waals surface area (Å²) in [6, 6.07) is 18.9. The number of thiophene rings is 1. The summed E-state index contributed by atoms with van der Waals surface area (Å²) in [5, 5.41) is 4.95. The van der Waals surface area contributed by atoms with Gasteiger partial charge in [-0.1, -0.05) is 47.5 Å². The van der Waals surface area contributed by atoms with Gasteiger partial charge in [0.2, 0.25) is 0 Å². The van der Waals surface area contributed by atoms with E-state index < -0.39 is 0 Å². The number of hydrogen-bond donors (Lipinski definition) is 1. The van der Waals surface area contributed by atoms with Gasteiger partial charge >= 0.3 is 0 Å². The van der Waals surface area contributed by atoms with E-state index in [9.17, 15) is 4.79 Å². The van der Waals surface area contributed by atoms with Crippen LogP contribution in [0.1, 0.15) is 44.8 Å². The van der Waals surface area contributed by atoms with E-state index in [1.165, 1.54) is 4.88 Å². The number of hydrogen-bond acceptors (Lipinski definition) is 4. The highest BCUT2D eigenvalue weighted by Gasteiger charge is 2.25. The number of para-hydroxylation sites is 1. The van der Waals surface area contributed by atoms with Crippen molar-refractivity contribution >= 4 is 95.9 Å². The summed E-state index contributed by atoms with van der Waals surface area (Å²) in [5.74, 6) is 0.617. The summed E-state index contributed by atoms with van der Waals surface area (Å²) in [7, 11) is 0. The molecule has 1 aromatic heterocycles. The number of halogens is 4. The minimum Gasteiger partial charge on any atom is -0.487 e. The van der Waals surface area contributed by atoms with Crippen LogP contribution in [0, 0.1) is 3.57 Å². The number of aryl methyl sites for hydroxylation is 1. The van der Waals surface area contributed by atoms with Gasteiger partial charge in [-0.2, -0.15) is 0 Å². The van der Waals surface area contributed by atoms with Crippen LogP contribution >= 0.6 is 73.1 Å². The third kappa shape index (κ3) is 6.45. The van der Waals surface area contributed by atoms with Crippen molar-refractivity contribution in [2.24, 2.45) is 4.99 Å². The van der Waals surface area contributed by atoms with Gasteiger partial charge in [0.05, 0.1) is 13.6 Å². The average molecular weight is 740 g/mol. The molecule has 0 aliphatic heterocycles. The number of carbonyl (C=O) groups excluding carboxylic acids is 1. The highest BCUT2D eigenvalue weighted by Crippen LogP contribution is 2.40. The predicted molar refractivity (Wildman–Crippen MR) is 170 cm³/mol. The first kappa shape index (κ1) is 27.6. The van der Waals surface area contributed by atoms with Gasteiger partial charge in [-0.25, -0.2) is 4.99 Å². The molecule has 0 unspecified atom stereocenters. The summed E-state index contributed by atoms with van der Waals surface area (Å²) in [4.78, 5) is 19.4. The molecule has 4 nitrogen and oxygen atoms in total. The van der Waals surface area contributed by atoms with E-state index in [4.69, 9.17) is 32.9 Å². The van der Waals surface area contributed by atoms with Crippen LogP contribution in [0.3, 0.4) is 0 Å². The van der Waals surface area contributed by atoms with Gasteiger partial charge in [0.25, 0.3) is 5.91 Å². The van der Waals surface area contributed by atoms with Crippen molar-refractivity contribution in [1.82, 2.24) is 0 Å². The van der Waals surface area contributed by atoms with E-state index >= 15 is 0 Å². The maximum absolute atomic E-state index is 13.3. The van der Waals surface area contributed by atoms with Crippen LogP contribution in [-0.4, -0.2) is 12.1 Å². The number of rotatable bonds is 7. The average Bonchev–Trinajstić information content (AvgIpc) is 3.27. The lowest BCUT2D eigenvalue weighted by Gasteiger charge is -2.13. The Balaban J connectivity index is 1.38. The zero-order valence-electron chi connectivity index (χ0n) is 20.1. The van der Waals surface area contributed by atoms with Crippen LogP contribution in [0.4, 0.5) is 10.7 Å². The topological polar surface area (TPSA) is 50.7 Å². The Morgan fingerprint density at radius 3 is 2.66 bits per heavy atom. The number of ether oxygens (including phenoxy) is 1. The molecule has 0 saturated heterocycles. The first-order chi connectivity index (χ1) is 18.4. The Morgan fingerprint density at radius 1 is 1.11 bits per heavy atom. The number of amides is 1. The zero-order valence-corrected chi connectivity index (χ0v) is 26.1. The molecule has 0 spiro atoms. The van der Waals surface area contributed by atoms with Crippen LogP contribution in [0.2, 0.25) is 10.0 Å². The summed E-state index contributed by atoms with van der Waals surface area (Å²) in [6.45, 7) is 0.318. The number of nitrogens with zero attached hydrogens (tertiary/aromatic N) is 1. The van der Waals surface area contributed by atoms with Crippen molar-refractivity contribution < 1.29 is 9.53 Å². The zero-order chi connectivity index (χ0) is 26.6. The third-order valence-electron chi connectivity index (χ3n) is 6.15. The molecule has 0 saturated carbocycles. The molecule has 194 valence electrons. The van der Waals surface area contributed by atoms with Crippen LogP contribution in [0.25, 0.3) is 0 Å². The molecule has 1 N–H and O–H groups in total. The lowest BCUT2D eigenvalue weighted by atomic mass is 9.95. The third-order valence-corrected chi connectivity index (χ3v) is 9.33. The molecule has 0 radical (unpaired) electrons. The SMILES string of the molecule is O=C(Nc1ccccc1)c1c(N=Cc2cc(Br)c(OCc3ccc(Cl)cc3Cl)c(I)c2)sc2c1CCCC2. The monoisotopic (exact) mass is 738 g/mol. The van der Waals surface area contributed by atoms with Crippen LogP contribution in [-0.2, 0) is 19.4 Å². The fourth-order valence-corrected chi connectivity index (χ4v) is 7.77. The van der Waals surface area contributed by atoms with Gasteiger partial charge in [-0.15, -0.1) is 11.3 Å². The quantitative estimate of drug-likeness (QED) is 0.152. The van der Waals surface area contributed by atoms with Gasteiger partial charge in [0, 0.05) is 32.4 Å². The second-order valence-electron chi connectivity index (χ2n) is 8.81. The molecular formula is C29H22BrCl2IN2O2S. The van der Waals surface area contributed by atoms with Crippen molar-refractivity contribution in [1.29, 1.82) is 0 Å². The molecule has 1 amide bonds. The smallest absolute Gasteiger partial charge is 0.259 e. The molecule has 0 atom stereocenters. The summed E-state index contributed by atoms with van der Waals surface area (Å²) < 4.78 is 7.81. The number of anilines is 1. The van der Waals surface area contributed by atoms with Gasteiger partial charge < -0.3 is 10.1 Å². The highest BCUT2D eigenvalue weighted by atomic mass is 127. The number of carbonyl (C=O) groups is 1. The lowest BCUT2D eigenvalue weighted by molar-refractivity contribution is 0.102. The molecule has 9 heteroatoms. The minimum atomic E-state index is -0.108. The molecule has 1 heterocycles. The van der Waals surface area contributed by atoms with Gasteiger partial charge in [-0.3, -0.25) is 4.79 Å². The fraction of sp³-hybridized carbons (Fsp3) is 0.172. The van der Waals surface area contributed by atoms with Crippen LogP contribution in [0.15, 0.2) is 70.1 Å². The number of aliphatic imine (C=N–C) groups is 1. The summed E-state index contributed by atoms with van der Waals surface area (Å²) in [5.41, 5.74) is 4.36. The number of nitrogens with one attached hydrogen (secondary N) is 1. The second kappa shape index (κ2) is 12.5. The first-order valence-electron chi connectivity index (χ1n) is 12.0. The Labute approximate surface area is 257 Å². The van der Waals surface area contributed by atoms with E-state index in [1.807, 2.05) is 54.7 Å². The fourth-order valence-electron chi connectivity index (χ4n) is 4.31. The second-order valence-corrected chi connectivity index (χ2v) is 12.8. The molecule has 1 aliphatic rings. The maximum Gasteiger partial charge on any atom is 0.259 e. The Bertz CT molecular complexity index is 1500. The molecule has 3 aromatic carbocycles. The minimum absolute atomic E-state index is 0.108. The Kier molecular flexibility index (Phi) is 9.10. The first-order valence-corrected chi connectivity index (χ1v) is 15.4. The van der Waals surface area contributed by atoms with Crippen molar-refractivity contribution in [3.05, 3.63) is 106 Å². The molecule has 4 aromatic rings. The normalized spacial score (nSPS) is 12.9. The summed E-state index contributed by atoms with van der Waals surface area (Å²) >= 11 is 19.8. The van der Waals surface area contributed by atoms with Crippen molar-refractivity contribution in [2.75, 3.05) is 5.32 Å². The molecular weight excluding hydrogens is 718 g/mol. The van der Waals surface area contributed by atoms with E-state index in [-0.39, 0.29) is 5.91 Å². The Morgan fingerprint density at radius 2 is 1.89 bits per heavy atom. The molecule has 5 rings (SSSR count). The van der Waals surface area contributed by atoms with Crippen LogP contribution < -0.4 is 10.1 Å². The molecule has 0 bridgehead atoms. The van der Waals surface area contributed by atoms with Gasteiger partial charge in [-0.05, 0) is 112 Å². The molecule has 38 heavy (non-hydrogen) atoms. The van der Waals surface area contributed by atoms with Crippen molar-refractivity contribution in [3.8, 4) is 5.75 Å². The van der Waals surface area contributed by atoms with E-state index in [2.05, 4.69) is 43.8 Å².